The molecule has 1 aromatic heterocycles. The van der Waals surface area contributed by atoms with E-state index in [4.69, 9.17) is 11.6 Å². The van der Waals surface area contributed by atoms with Gasteiger partial charge in [0.2, 0.25) is 0 Å². The van der Waals surface area contributed by atoms with Crippen molar-refractivity contribution in [1.82, 2.24) is 14.8 Å². The lowest BCUT2D eigenvalue weighted by Crippen LogP contribution is -2.57. The van der Waals surface area contributed by atoms with Crippen molar-refractivity contribution in [2.75, 3.05) is 20.1 Å². The van der Waals surface area contributed by atoms with E-state index in [1.165, 1.54) is 6.20 Å². The number of rotatable bonds is 1. The highest BCUT2D eigenvalue weighted by Gasteiger charge is 2.32. The van der Waals surface area contributed by atoms with Crippen molar-refractivity contribution in [3.63, 3.8) is 0 Å². The number of halogens is 1. The van der Waals surface area contributed by atoms with Crippen LogP contribution in [-0.2, 0) is 0 Å². The summed E-state index contributed by atoms with van der Waals surface area (Å²) in [6.45, 7) is 5.92. The molecule has 1 aliphatic rings. The number of likely N-dealkylation sites (N-methyl/N-ethyl adjacent to an activating group) is 1. The van der Waals surface area contributed by atoms with Crippen LogP contribution in [0.15, 0.2) is 18.3 Å². The quantitative estimate of drug-likeness (QED) is 0.780. The second-order valence-corrected chi connectivity index (χ2v) is 5.43. The number of carbonyl (C=O) groups excluding carboxylic acids is 1. The monoisotopic (exact) mass is 267 g/mol. The first-order valence-corrected chi connectivity index (χ1v) is 6.49. The number of hydrogen-bond donors (Lipinski definition) is 0. The number of amides is 1. The van der Waals surface area contributed by atoms with E-state index in [0.717, 1.165) is 13.1 Å². The fourth-order valence-electron chi connectivity index (χ4n) is 2.62. The molecule has 1 aromatic rings. The molecule has 0 saturated carbocycles. The van der Waals surface area contributed by atoms with Crippen molar-refractivity contribution in [3.05, 3.63) is 29.0 Å². The van der Waals surface area contributed by atoms with Crippen molar-refractivity contribution in [2.45, 2.75) is 25.9 Å². The molecule has 1 saturated heterocycles. The van der Waals surface area contributed by atoms with Crippen LogP contribution in [-0.4, -0.2) is 52.9 Å². The molecule has 2 heterocycles. The molecule has 0 radical (unpaired) electrons. The molecular formula is C13H18ClN3O. The molecule has 0 N–H and O–H groups in total. The highest BCUT2D eigenvalue weighted by atomic mass is 35.5. The zero-order valence-electron chi connectivity index (χ0n) is 10.9. The second-order valence-electron chi connectivity index (χ2n) is 4.99. The van der Waals surface area contributed by atoms with Crippen LogP contribution >= 0.6 is 11.6 Å². The molecule has 0 aliphatic carbocycles. The average molecular weight is 268 g/mol. The summed E-state index contributed by atoms with van der Waals surface area (Å²) in [6, 6.07) is 3.78. The number of aromatic nitrogens is 1. The highest BCUT2D eigenvalue weighted by molar-refractivity contribution is 6.30. The van der Waals surface area contributed by atoms with Crippen molar-refractivity contribution < 1.29 is 4.79 Å². The van der Waals surface area contributed by atoms with Gasteiger partial charge in [0.1, 0.15) is 5.69 Å². The lowest BCUT2D eigenvalue weighted by Gasteiger charge is -2.43. The Balaban J connectivity index is 2.19. The topological polar surface area (TPSA) is 36.4 Å². The van der Waals surface area contributed by atoms with Gasteiger partial charge in [-0.25, -0.2) is 4.98 Å². The van der Waals surface area contributed by atoms with Crippen LogP contribution in [0.4, 0.5) is 0 Å². The Bertz CT molecular complexity index is 422. The van der Waals surface area contributed by atoms with Gasteiger partial charge < -0.3 is 9.80 Å². The van der Waals surface area contributed by atoms with E-state index in [-0.39, 0.29) is 18.0 Å². The van der Waals surface area contributed by atoms with Gasteiger partial charge in [-0.1, -0.05) is 11.6 Å². The molecule has 1 fully saturated rings. The van der Waals surface area contributed by atoms with Crippen molar-refractivity contribution in [2.24, 2.45) is 0 Å². The van der Waals surface area contributed by atoms with Crippen LogP contribution < -0.4 is 0 Å². The van der Waals surface area contributed by atoms with Crippen molar-refractivity contribution >= 4 is 17.5 Å². The summed E-state index contributed by atoms with van der Waals surface area (Å²) in [6.07, 6.45) is 1.51. The highest BCUT2D eigenvalue weighted by Crippen LogP contribution is 2.18. The maximum Gasteiger partial charge on any atom is 0.273 e. The molecule has 2 rings (SSSR count). The summed E-state index contributed by atoms with van der Waals surface area (Å²) in [5.41, 5.74) is 0.461. The Morgan fingerprint density at radius 3 is 2.44 bits per heavy atom. The third-order valence-corrected chi connectivity index (χ3v) is 3.51. The summed E-state index contributed by atoms with van der Waals surface area (Å²) < 4.78 is 0. The fraction of sp³-hybridized carbons (Fsp3) is 0.538. The Hall–Kier alpha value is -1.13. The van der Waals surface area contributed by atoms with Gasteiger partial charge in [0.25, 0.3) is 5.91 Å². The van der Waals surface area contributed by atoms with Gasteiger partial charge >= 0.3 is 0 Å². The van der Waals surface area contributed by atoms with Gasteiger partial charge in [0, 0.05) is 31.4 Å². The molecular weight excluding hydrogens is 250 g/mol. The largest absolute Gasteiger partial charge is 0.329 e. The molecule has 5 heteroatoms. The van der Waals surface area contributed by atoms with Crippen LogP contribution in [0, 0.1) is 0 Å². The minimum absolute atomic E-state index is 0.0141. The summed E-state index contributed by atoms with van der Waals surface area (Å²) in [5.74, 6) is -0.0141. The number of nitrogens with zero attached hydrogens (tertiary/aromatic N) is 3. The minimum Gasteiger partial charge on any atom is -0.329 e. The van der Waals surface area contributed by atoms with Gasteiger partial charge in [0.05, 0.1) is 5.02 Å². The molecule has 4 nitrogen and oxygen atoms in total. The fourth-order valence-corrected chi connectivity index (χ4v) is 2.73. The van der Waals surface area contributed by atoms with Crippen LogP contribution in [0.1, 0.15) is 24.3 Å². The molecule has 0 aromatic carbocycles. The first kappa shape index (κ1) is 13.3. The third-order valence-electron chi connectivity index (χ3n) is 3.28. The van der Waals surface area contributed by atoms with Crippen LogP contribution in [0.25, 0.3) is 0 Å². The van der Waals surface area contributed by atoms with E-state index in [0.29, 0.717) is 10.7 Å². The second kappa shape index (κ2) is 5.24. The summed E-state index contributed by atoms with van der Waals surface area (Å²) in [7, 11) is 2.08. The normalized spacial score (nSPS) is 25.2. The van der Waals surface area contributed by atoms with E-state index in [1.807, 2.05) is 4.90 Å². The van der Waals surface area contributed by atoms with Crippen LogP contribution in [0.5, 0.6) is 0 Å². The van der Waals surface area contributed by atoms with E-state index in [1.54, 1.807) is 12.1 Å². The zero-order valence-corrected chi connectivity index (χ0v) is 11.7. The smallest absolute Gasteiger partial charge is 0.273 e. The number of piperazine rings is 1. The Kier molecular flexibility index (Phi) is 3.88. The predicted molar refractivity (Wildman–Crippen MR) is 71.8 cm³/mol. The van der Waals surface area contributed by atoms with E-state index in [2.05, 4.69) is 30.8 Å². The zero-order chi connectivity index (χ0) is 13.3. The predicted octanol–water partition coefficient (Wildman–Crippen LogP) is 1.90. The number of pyridine rings is 1. The maximum absolute atomic E-state index is 12.4. The molecule has 2 unspecified atom stereocenters. The summed E-state index contributed by atoms with van der Waals surface area (Å²) in [4.78, 5) is 20.7. The lowest BCUT2D eigenvalue weighted by atomic mass is 10.1. The Morgan fingerprint density at radius 2 is 1.94 bits per heavy atom. The minimum atomic E-state index is -0.0141. The van der Waals surface area contributed by atoms with E-state index < -0.39 is 0 Å². The van der Waals surface area contributed by atoms with Crippen LogP contribution in [0.2, 0.25) is 5.02 Å². The van der Waals surface area contributed by atoms with Gasteiger partial charge in [-0.05, 0) is 33.0 Å². The third kappa shape index (κ3) is 2.65. The first-order chi connectivity index (χ1) is 8.49. The summed E-state index contributed by atoms with van der Waals surface area (Å²) >= 11 is 5.78. The molecule has 18 heavy (non-hydrogen) atoms. The molecule has 1 aliphatic heterocycles. The lowest BCUT2D eigenvalue weighted by molar-refractivity contribution is 0.0345. The molecule has 0 bridgehead atoms. The van der Waals surface area contributed by atoms with Gasteiger partial charge in [0.15, 0.2) is 0 Å². The van der Waals surface area contributed by atoms with Gasteiger partial charge in [-0.2, -0.15) is 0 Å². The standard InChI is InChI=1S/C13H18ClN3O/c1-9-7-16(3)8-10(2)17(9)13(18)12-5-4-11(14)6-15-12/h4-6,9-10H,7-8H2,1-3H3. The van der Waals surface area contributed by atoms with Crippen LogP contribution in [0.3, 0.4) is 0 Å². The molecule has 0 spiro atoms. The van der Waals surface area contributed by atoms with E-state index in [9.17, 15) is 4.79 Å². The molecule has 1 amide bonds. The molecule has 98 valence electrons. The van der Waals surface area contributed by atoms with E-state index >= 15 is 0 Å². The first-order valence-electron chi connectivity index (χ1n) is 6.12. The number of hydrogen-bond acceptors (Lipinski definition) is 3. The maximum atomic E-state index is 12.4. The molecule has 2 atom stereocenters. The number of carbonyl (C=O) groups is 1. The van der Waals surface area contributed by atoms with Gasteiger partial charge in [-0.3, -0.25) is 4.79 Å². The SMILES string of the molecule is CC1CN(C)CC(C)N1C(=O)c1ccc(Cl)cn1. The van der Waals surface area contributed by atoms with Gasteiger partial charge in [-0.15, -0.1) is 0 Å². The van der Waals surface area contributed by atoms with Crippen molar-refractivity contribution in [1.29, 1.82) is 0 Å². The van der Waals surface area contributed by atoms with Crippen molar-refractivity contribution in [3.8, 4) is 0 Å². The average Bonchev–Trinajstić information content (AvgIpc) is 2.28. The summed E-state index contributed by atoms with van der Waals surface area (Å²) in [5, 5.41) is 0.547. The Labute approximate surface area is 113 Å². The Morgan fingerprint density at radius 1 is 1.33 bits per heavy atom.